The summed E-state index contributed by atoms with van der Waals surface area (Å²) in [6.45, 7) is 10.6. The van der Waals surface area contributed by atoms with Crippen molar-refractivity contribution in [2.45, 2.75) is 27.7 Å². The Labute approximate surface area is 115 Å². The van der Waals surface area contributed by atoms with Gasteiger partial charge in [0, 0.05) is 26.2 Å². The molecule has 0 unspecified atom stereocenters. The van der Waals surface area contributed by atoms with Crippen LogP contribution in [-0.2, 0) is 0 Å². The zero-order chi connectivity index (χ0) is 15.1. The molecule has 0 saturated carbocycles. The van der Waals surface area contributed by atoms with Crippen LogP contribution in [0.1, 0.15) is 27.7 Å². The lowest BCUT2D eigenvalue weighted by Crippen LogP contribution is -2.41. The molecule has 0 aliphatic rings. The first-order valence-electron chi connectivity index (χ1n) is 6.42. The maximum Gasteiger partial charge on any atom is 0.195 e. The monoisotopic (exact) mass is 272 g/mol. The number of hydrogen-bond donors (Lipinski definition) is 5. The summed E-state index contributed by atoms with van der Waals surface area (Å²) < 4.78 is 0. The molecule has 0 bridgehead atoms. The van der Waals surface area contributed by atoms with E-state index in [0.717, 1.165) is 13.1 Å². The molecular weight excluding hydrogens is 244 g/mol. The lowest BCUT2D eigenvalue weighted by atomic mass is 10.7. The molecule has 0 aromatic heterocycles. The molecule has 8 heteroatoms. The van der Waals surface area contributed by atoms with Crippen LogP contribution in [-0.4, -0.2) is 44.1 Å². The number of aliphatic imine (C=N–C) groups is 3. The average Bonchev–Trinajstić information content (AvgIpc) is 2.30. The maximum absolute atomic E-state index is 5.39. The molecule has 0 atom stereocenters. The fraction of sp³-hybridized carbons (Fsp3) is 0.727. The summed E-state index contributed by atoms with van der Waals surface area (Å²) in [5, 5.41) is 5.51. The van der Waals surface area contributed by atoms with E-state index in [1.54, 1.807) is 0 Å². The first kappa shape index (κ1) is 19.4. The second-order valence-corrected chi connectivity index (χ2v) is 3.23. The highest BCUT2D eigenvalue weighted by molar-refractivity contribution is 5.96. The molecule has 0 amide bonds. The van der Waals surface area contributed by atoms with Crippen LogP contribution >= 0.6 is 0 Å². The molecule has 0 heterocycles. The summed E-state index contributed by atoms with van der Waals surface area (Å²) in [5.41, 5.74) is 16.1. The Bertz CT molecular complexity index is 277. The van der Waals surface area contributed by atoms with Gasteiger partial charge in [-0.15, -0.1) is 0 Å². The van der Waals surface area contributed by atoms with Gasteiger partial charge in [0.25, 0.3) is 0 Å². The number of hydrogen-bond acceptors (Lipinski definition) is 3. The second-order valence-electron chi connectivity index (χ2n) is 3.23. The minimum atomic E-state index is 0.308. The predicted molar refractivity (Wildman–Crippen MR) is 83.3 cm³/mol. The van der Waals surface area contributed by atoms with Crippen LogP contribution in [0.3, 0.4) is 0 Å². The Morgan fingerprint density at radius 3 is 1.42 bits per heavy atom. The lowest BCUT2D eigenvalue weighted by Gasteiger charge is -2.02. The molecule has 0 aliphatic carbocycles. The third-order valence-electron chi connectivity index (χ3n) is 1.60. The van der Waals surface area contributed by atoms with Crippen LogP contribution in [0.15, 0.2) is 15.0 Å². The van der Waals surface area contributed by atoms with Crippen molar-refractivity contribution in [1.29, 1.82) is 0 Å². The lowest BCUT2D eigenvalue weighted by molar-refractivity contribution is 0.935. The zero-order valence-electron chi connectivity index (χ0n) is 12.4. The molecule has 19 heavy (non-hydrogen) atoms. The number of nitrogens with zero attached hydrogens (tertiary/aromatic N) is 3. The van der Waals surface area contributed by atoms with Gasteiger partial charge in [-0.1, -0.05) is 0 Å². The van der Waals surface area contributed by atoms with E-state index in [1.165, 1.54) is 0 Å². The summed E-state index contributed by atoms with van der Waals surface area (Å²) in [7, 11) is 0. The Morgan fingerprint density at radius 1 is 0.737 bits per heavy atom. The van der Waals surface area contributed by atoms with Gasteiger partial charge in [0.1, 0.15) is 0 Å². The van der Waals surface area contributed by atoms with Crippen molar-refractivity contribution in [1.82, 2.24) is 10.6 Å². The van der Waals surface area contributed by atoms with E-state index < -0.39 is 0 Å². The molecule has 0 spiro atoms. The predicted octanol–water partition coefficient (Wildman–Crippen LogP) is -0.824. The van der Waals surface area contributed by atoms with Crippen LogP contribution in [0.4, 0.5) is 0 Å². The fourth-order valence-electron chi connectivity index (χ4n) is 0.958. The van der Waals surface area contributed by atoms with Crippen LogP contribution < -0.4 is 27.8 Å². The van der Waals surface area contributed by atoms with Crippen LogP contribution in [0.25, 0.3) is 0 Å². The van der Waals surface area contributed by atoms with Crippen molar-refractivity contribution in [3.8, 4) is 0 Å². The van der Waals surface area contributed by atoms with Crippen molar-refractivity contribution >= 4 is 17.9 Å². The minimum absolute atomic E-state index is 0.308. The van der Waals surface area contributed by atoms with Gasteiger partial charge < -0.3 is 22.5 Å². The normalized spacial score (nSPS) is 12.5. The first-order chi connectivity index (χ1) is 9.01. The van der Waals surface area contributed by atoms with E-state index in [1.807, 2.05) is 27.7 Å². The quantitative estimate of drug-likeness (QED) is 0.336. The van der Waals surface area contributed by atoms with Gasteiger partial charge in [-0.05, 0) is 27.7 Å². The minimum Gasteiger partial charge on any atom is -0.370 e. The molecule has 0 aromatic rings. The smallest absolute Gasteiger partial charge is 0.195 e. The van der Waals surface area contributed by atoms with Crippen molar-refractivity contribution in [2.75, 3.05) is 26.2 Å². The van der Waals surface area contributed by atoms with Gasteiger partial charge in [-0.25, -0.2) is 0 Å². The Hall–Kier alpha value is -1.99. The highest BCUT2D eigenvalue weighted by Crippen LogP contribution is 1.68. The van der Waals surface area contributed by atoms with E-state index >= 15 is 0 Å². The molecule has 0 rings (SSSR count). The van der Waals surface area contributed by atoms with Gasteiger partial charge in [-0.3, -0.25) is 20.3 Å². The van der Waals surface area contributed by atoms with Gasteiger partial charge in [0.15, 0.2) is 17.9 Å². The number of rotatable bonds is 4. The largest absolute Gasteiger partial charge is 0.370 e. The van der Waals surface area contributed by atoms with Gasteiger partial charge in [0.05, 0.1) is 0 Å². The molecule has 112 valence electrons. The average molecular weight is 272 g/mol. The summed E-state index contributed by atoms with van der Waals surface area (Å²) >= 11 is 0. The Morgan fingerprint density at radius 2 is 1.11 bits per heavy atom. The number of nitrogens with two attached hydrogens (primary N) is 3. The van der Waals surface area contributed by atoms with Gasteiger partial charge >= 0.3 is 0 Å². The Kier molecular flexibility index (Phi) is 14.3. The summed E-state index contributed by atoms with van der Waals surface area (Å²) in [4.78, 5) is 11.6. The molecule has 0 aliphatic heterocycles. The molecule has 0 fully saturated rings. The van der Waals surface area contributed by atoms with Gasteiger partial charge in [0.2, 0.25) is 0 Å². The topological polar surface area (TPSA) is 139 Å². The van der Waals surface area contributed by atoms with E-state index in [-0.39, 0.29) is 0 Å². The molecule has 8 N–H and O–H groups in total. The molecule has 8 nitrogen and oxygen atoms in total. The van der Waals surface area contributed by atoms with E-state index in [9.17, 15) is 0 Å². The highest BCUT2D eigenvalue weighted by Gasteiger charge is 1.91. The van der Waals surface area contributed by atoms with Crippen molar-refractivity contribution in [3.63, 3.8) is 0 Å². The molecular formula is C11H28N8. The molecule has 0 aromatic carbocycles. The first-order valence-corrected chi connectivity index (χ1v) is 6.42. The third-order valence-corrected chi connectivity index (χ3v) is 1.60. The van der Waals surface area contributed by atoms with E-state index in [2.05, 4.69) is 25.6 Å². The van der Waals surface area contributed by atoms with Crippen molar-refractivity contribution < 1.29 is 0 Å². The van der Waals surface area contributed by atoms with Crippen LogP contribution in [0, 0.1) is 0 Å². The third kappa shape index (κ3) is 16.0. The fourth-order valence-corrected chi connectivity index (χ4v) is 0.958. The zero-order valence-corrected chi connectivity index (χ0v) is 12.4. The van der Waals surface area contributed by atoms with Crippen LogP contribution in [0.2, 0.25) is 0 Å². The number of nitrogens with one attached hydrogen (secondary N) is 2. The van der Waals surface area contributed by atoms with E-state index in [0.29, 0.717) is 31.0 Å². The summed E-state index contributed by atoms with van der Waals surface area (Å²) in [6.07, 6.45) is 0. The molecule has 0 saturated heterocycles. The molecule has 0 radical (unpaired) electrons. The van der Waals surface area contributed by atoms with Gasteiger partial charge in [-0.2, -0.15) is 0 Å². The Balaban J connectivity index is 0. The maximum atomic E-state index is 5.39. The SMILES string of the molecule is CCN=C(N)NC(N)=NCC.CCN=C(N)NCC. The van der Waals surface area contributed by atoms with Crippen molar-refractivity contribution in [3.05, 3.63) is 0 Å². The van der Waals surface area contributed by atoms with Crippen molar-refractivity contribution in [2.24, 2.45) is 32.2 Å². The van der Waals surface area contributed by atoms with E-state index in [4.69, 9.17) is 17.2 Å². The second kappa shape index (κ2) is 14.1. The van der Waals surface area contributed by atoms with Crippen LogP contribution in [0.5, 0.6) is 0 Å². The highest BCUT2D eigenvalue weighted by atomic mass is 15.2. The summed E-state index contributed by atoms with van der Waals surface area (Å²) in [5.74, 6) is 1.15. The standard InChI is InChI=1S/C6H15N5.C5H13N3/c1-3-9-5(7)11-6(8)10-4-2;1-3-7-5(6)8-4-2/h3-4H2,1-2H3,(H5,7,8,9,10,11);3-4H2,1-2H3,(H3,6,7,8). The summed E-state index contributed by atoms with van der Waals surface area (Å²) in [6, 6.07) is 0. The number of guanidine groups is 3.